The normalized spacial score (nSPS) is 9.20. The van der Waals surface area contributed by atoms with Gasteiger partial charge in [0.1, 0.15) is 0 Å². The first-order valence-electron chi connectivity index (χ1n) is 2.31. The van der Waals surface area contributed by atoms with Crippen LogP contribution in [-0.2, 0) is 0 Å². The lowest BCUT2D eigenvalue weighted by molar-refractivity contribution is -0.542. The third-order valence-corrected chi connectivity index (χ3v) is 0.861. The smallest absolute Gasteiger partial charge is 0.240 e. The van der Waals surface area contributed by atoms with Crippen LogP contribution in [0, 0.1) is 15.5 Å². The summed E-state index contributed by atoms with van der Waals surface area (Å²) < 4.78 is 0.562. The van der Waals surface area contributed by atoms with E-state index in [1.807, 2.05) is 0 Å². The third-order valence-electron chi connectivity index (χ3n) is 0.861. The van der Waals surface area contributed by atoms with E-state index in [4.69, 9.17) is 5.41 Å². The van der Waals surface area contributed by atoms with Crippen LogP contribution in [0.1, 0.15) is 5.82 Å². The van der Waals surface area contributed by atoms with E-state index in [9.17, 15) is 10.1 Å². The van der Waals surface area contributed by atoms with E-state index in [1.165, 1.54) is 0 Å². The topological polar surface area (TPSA) is 97.7 Å². The first kappa shape index (κ1) is 6.33. The minimum atomic E-state index is -0.708. The van der Waals surface area contributed by atoms with Crippen molar-refractivity contribution in [3.8, 4) is 0 Å². The fourth-order valence-electron chi connectivity index (χ4n) is 0.460. The van der Waals surface area contributed by atoms with Crippen LogP contribution in [0.15, 0.2) is 6.33 Å². The highest BCUT2D eigenvalue weighted by Gasteiger charge is 2.08. The Morgan fingerprint density at radius 3 is 3.00 bits per heavy atom. The summed E-state index contributed by atoms with van der Waals surface area (Å²) in [6.45, 7) is 0. The van der Waals surface area contributed by atoms with E-state index in [2.05, 4.69) is 10.2 Å². The van der Waals surface area contributed by atoms with Crippen LogP contribution < -0.4 is 0 Å². The van der Waals surface area contributed by atoms with Crippen molar-refractivity contribution < 1.29 is 5.03 Å². The molecule has 0 radical (unpaired) electrons. The van der Waals surface area contributed by atoms with Gasteiger partial charge in [0.15, 0.2) is 11.4 Å². The van der Waals surface area contributed by atoms with Gasteiger partial charge in [0.2, 0.25) is 5.82 Å². The largest absolute Gasteiger partial charge is 0.305 e. The molecule has 7 heteroatoms. The first-order chi connectivity index (χ1) is 4.75. The van der Waals surface area contributed by atoms with Gasteiger partial charge in [-0.25, -0.2) is 10.1 Å². The summed E-state index contributed by atoms with van der Waals surface area (Å²) in [6, 6.07) is 0. The summed E-state index contributed by atoms with van der Waals surface area (Å²) in [4.78, 5) is 10.0. The lowest BCUT2D eigenvalue weighted by Gasteiger charge is -1.86. The van der Waals surface area contributed by atoms with Gasteiger partial charge in [-0.1, -0.05) is 0 Å². The van der Waals surface area contributed by atoms with E-state index in [0.29, 0.717) is 4.68 Å². The number of nitrogens with one attached hydrogen (secondary N) is 1. The van der Waals surface area contributed by atoms with Crippen LogP contribution >= 0.6 is 0 Å². The van der Waals surface area contributed by atoms with Crippen molar-refractivity contribution in [1.82, 2.24) is 14.9 Å². The lowest BCUT2D eigenvalue weighted by atomic mass is 10.7. The second-order valence-electron chi connectivity index (χ2n) is 1.42. The van der Waals surface area contributed by atoms with E-state index < -0.39 is 5.03 Å². The second-order valence-corrected chi connectivity index (χ2v) is 1.42. The molecule has 0 saturated carbocycles. The number of aromatic nitrogens is 3. The van der Waals surface area contributed by atoms with Crippen molar-refractivity contribution in [2.75, 3.05) is 0 Å². The number of rotatable bonds is 2. The van der Waals surface area contributed by atoms with E-state index in [1.54, 1.807) is 0 Å². The van der Waals surface area contributed by atoms with Crippen LogP contribution in [0.5, 0.6) is 0 Å². The molecule has 0 fully saturated rings. The summed E-state index contributed by atoms with van der Waals surface area (Å²) in [5.74, 6) is -0.0926. The molecule has 0 bridgehead atoms. The molecule has 0 unspecified atom stereocenters. The zero-order chi connectivity index (χ0) is 7.56. The second kappa shape index (κ2) is 2.21. The maximum Gasteiger partial charge on any atom is 0.240 e. The van der Waals surface area contributed by atoms with Crippen molar-refractivity contribution >= 4 is 6.21 Å². The molecular formula is C3H3N5O2. The molecule has 0 saturated heterocycles. The summed E-state index contributed by atoms with van der Waals surface area (Å²) in [7, 11) is 0. The third kappa shape index (κ3) is 0.835. The van der Waals surface area contributed by atoms with Crippen molar-refractivity contribution in [1.29, 1.82) is 5.41 Å². The van der Waals surface area contributed by atoms with Gasteiger partial charge in [-0.2, -0.15) is 0 Å². The molecule has 0 aliphatic rings. The Labute approximate surface area is 54.9 Å². The SMILES string of the molecule is N=Cc1nncn1[N+](=O)[O-]. The Kier molecular flexibility index (Phi) is 1.40. The highest BCUT2D eigenvalue weighted by molar-refractivity contribution is 5.70. The zero-order valence-electron chi connectivity index (χ0n) is 4.76. The summed E-state index contributed by atoms with van der Waals surface area (Å²) in [6.07, 6.45) is 1.69. The van der Waals surface area contributed by atoms with Gasteiger partial charge in [0, 0.05) is 0 Å². The Hall–Kier alpha value is -1.79. The molecule has 1 heterocycles. The number of nitro groups is 1. The standard InChI is InChI=1S/C3H3N5O2/c4-1-3-6-5-2-7(3)8(9)10/h1-2,4H. The van der Waals surface area contributed by atoms with Crippen LogP contribution in [0.3, 0.4) is 0 Å². The maximum atomic E-state index is 10.0. The molecule has 0 amide bonds. The minimum Gasteiger partial charge on any atom is -0.305 e. The molecule has 7 nitrogen and oxygen atoms in total. The summed E-state index contributed by atoms with van der Waals surface area (Å²) >= 11 is 0. The molecule has 10 heavy (non-hydrogen) atoms. The molecule has 0 aliphatic heterocycles. The van der Waals surface area contributed by atoms with Crippen LogP contribution in [-0.4, -0.2) is 26.1 Å². The summed E-state index contributed by atoms with van der Waals surface area (Å²) in [5, 5.41) is 22.5. The predicted molar refractivity (Wildman–Crippen MR) is 30.3 cm³/mol. The van der Waals surface area contributed by atoms with Gasteiger partial charge in [0.05, 0.1) is 6.21 Å². The van der Waals surface area contributed by atoms with Gasteiger partial charge in [-0.3, -0.25) is 0 Å². The van der Waals surface area contributed by atoms with Gasteiger partial charge < -0.3 is 5.41 Å². The molecule has 1 rings (SSSR count). The number of hydrogen-bond acceptors (Lipinski definition) is 5. The van der Waals surface area contributed by atoms with Gasteiger partial charge >= 0.3 is 0 Å². The Bertz CT molecular complexity index is 266. The molecule has 1 aromatic rings. The van der Waals surface area contributed by atoms with Crippen molar-refractivity contribution in [3.05, 3.63) is 22.3 Å². The average Bonchev–Trinajstić information content (AvgIpc) is 2.33. The zero-order valence-corrected chi connectivity index (χ0v) is 4.76. The molecule has 0 aliphatic carbocycles. The molecule has 52 valence electrons. The Balaban J connectivity index is 3.13. The molecule has 1 N–H and O–H groups in total. The predicted octanol–water partition coefficient (Wildman–Crippen LogP) is -0.684. The van der Waals surface area contributed by atoms with Gasteiger partial charge in [-0.05, 0) is 4.68 Å². The lowest BCUT2D eigenvalue weighted by Crippen LogP contribution is -2.10. The molecular weight excluding hydrogens is 138 g/mol. The molecule has 0 spiro atoms. The Morgan fingerprint density at radius 1 is 1.90 bits per heavy atom. The fourth-order valence-corrected chi connectivity index (χ4v) is 0.460. The summed E-state index contributed by atoms with van der Waals surface area (Å²) in [5.41, 5.74) is 0. The number of nitrogens with zero attached hydrogens (tertiary/aromatic N) is 4. The van der Waals surface area contributed by atoms with E-state index in [0.717, 1.165) is 12.5 Å². The molecule has 0 atom stereocenters. The first-order valence-corrected chi connectivity index (χ1v) is 2.31. The van der Waals surface area contributed by atoms with Crippen LogP contribution in [0.25, 0.3) is 0 Å². The Morgan fingerprint density at radius 2 is 2.60 bits per heavy atom. The van der Waals surface area contributed by atoms with Crippen molar-refractivity contribution in [2.45, 2.75) is 0 Å². The monoisotopic (exact) mass is 141 g/mol. The highest BCUT2D eigenvalue weighted by Crippen LogP contribution is 1.87. The average molecular weight is 141 g/mol. The maximum absolute atomic E-state index is 10.0. The number of hydrogen-bond donors (Lipinski definition) is 1. The van der Waals surface area contributed by atoms with Crippen LogP contribution in [0.2, 0.25) is 0 Å². The fraction of sp³-hybridized carbons (Fsp3) is 0. The van der Waals surface area contributed by atoms with Gasteiger partial charge in [-0.15, -0.1) is 10.2 Å². The van der Waals surface area contributed by atoms with E-state index in [-0.39, 0.29) is 5.82 Å². The highest BCUT2D eigenvalue weighted by atomic mass is 16.7. The van der Waals surface area contributed by atoms with Crippen molar-refractivity contribution in [2.24, 2.45) is 0 Å². The molecule has 0 aromatic carbocycles. The molecule has 1 aromatic heterocycles. The minimum absolute atomic E-state index is 0.0926. The quantitative estimate of drug-likeness (QED) is 0.335. The van der Waals surface area contributed by atoms with E-state index >= 15 is 0 Å². The van der Waals surface area contributed by atoms with Gasteiger partial charge in [0.25, 0.3) is 0 Å². The van der Waals surface area contributed by atoms with Crippen molar-refractivity contribution in [3.63, 3.8) is 0 Å². The van der Waals surface area contributed by atoms with Crippen LogP contribution in [0.4, 0.5) is 0 Å².